The van der Waals surface area contributed by atoms with Gasteiger partial charge in [0.25, 0.3) is 0 Å². The molecule has 1 fully saturated rings. The van der Waals surface area contributed by atoms with Crippen molar-refractivity contribution in [3.63, 3.8) is 0 Å². The molecule has 0 radical (unpaired) electrons. The van der Waals surface area contributed by atoms with Gasteiger partial charge in [0.15, 0.2) is 0 Å². The molecule has 1 aliphatic heterocycles. The van der Waals surface area contributed by atoms with Gasteiger partial charge in [-0.05, 0) is 44.0 Å². The maximum atomic E-state index is 8.90. The quantitative estimate of drug-likeness (QED) is 0.942. The van der Waals surface area contributed by atoms with E-state index in [2.05, 4.69) is 38.4 Å². The second kappa shape index (κ2) is 6.44. The fraction of sp³-hybridized carbons (Fsp3) is 0.353. The van der Waals surface area contributed by atoms with Crippen LogP contribution in [0.3, 0.4) is 0 Å². The summed E-state index contributed by atoms with van der Waals surface area (Å²) in [5.74, 6) is 1.84. The summed E-state index contributed by atoms with van der Waals surface area (Å²) in [4.78, 5) is 11.2. The van der Waals surface area contributed by atoms with E-state index in [-0.39, 0.29) is 0 Å². The van der Waals surface area contributed by atoms with E-state index in [1.807, 2.05) is 25.1 Å². The first-order chi connectivity index (χ1) is 10.7. The van der Waals surface area contributed by atoms with E-state index in [1.165, 1.54) is 0 Å². The van der Waals surface area contributed by atoms with E-state index >= 15 is 0 Å². The molecule has 22 heavy (non-hydrogen) atoms. The minimum absolute atomic E-state index is 0.391. The summed E-state index contributed by atoms with van der Waals surface area (Å²) in [5, 5.41) is 12.3. The minimum atomic E-state index is 0.391. The molecule has 0 spiro atoms. The first-order valence-corrected chi connectivity index (χ1v) is 7.57. The lowest BCUT2D eigenvalue weighted by atomic mass is 10.0. The van der Waals surface area contributed by atoms with Crippen molar-refractivity contribution in [3.05, 3.63) is 47.8 Å². The van der Waals surface area contributed by atoms with Crippen LogP contribution in [0.2, 0.25) is 0 Å². The molecule has 0 unspecified atom stereocenters. The second-order valence-corrected chi connectivity index (χ2v) is 5.56. The van der Waals surface area contributed by atoms with Crippen LogP contribution in [-0.4, -0.2) is 29.1 Å². The van der Waals surface area contributed by atoms with Gasteiger partial charge in [0.05, 0.1) is 0 Å². The van der Waals surface area contributed by atoms with Gasteiger partial charge in [-0.2, -0.15) is 5.26 Å². The molecular formula is C17H19N5. The molecule has 2 aromatic heterocycles. The van der Waals surface area contributed by atoms with E-state index in [0.29, 0.717) is 11.7 Å². The number of piperidine rings is 1. The van der Waals surface area contributed by atoms with Gasteiger partial charge in [-0.25, -0.2) is 9.97 Å². The number of aryl methyl sites for hydroxylation is 1. The minimum Gasteiger partial charge on any atom is -0.367 e. The standard InChI is InChI=1S/C17H19N5/c1-13-4-2-7-17(19-13)22-10-8-14(9-11-22)20-16-6-3-5-15(12-18)21-16/h2-7,14H,8-11H2,1H3,(H,20,21). The Labute approximate surface area is 130 Å². The Kier molecular flexibility index (Phi) is 4.19. The molecule has 3 heterocycles. The SMILES string of the molecule is Cc1cccc(N2CCC(Nc3cccc(C#N)n3)CC2)n1. The molecule has 0 bridgehead atoms. The Hall–Kier alpha value is -2.61. The molecule has 0 saturated carbocycles. The van der Waals surface area contributed by atoms with Crippen molar-refractivity contribution in [2.75, 3.05) is 23.3 Å². The van der Waals surface area contributed by atoms with Crippen LogP contribution < -0.4 is 10.2 Å². The van der Waals surface area contributed by atoms with Crippen LogP contribution in [0.5, 0.6) is 0 Å². The van der Waals surface area contributed by atoms with Gasteiger partial charge in [0.1, 0.15) is 23.4 Å². The summed E-state index contributed by atoms with van der Waals surface area (Å²) in [6.45, 7) is 3.98. The van der Waals surface area contributed by atoms with Crippen molar-refractivity contribution < 1.29 is 0 Å². The van der Waals surface area contributed by atoms with E-state index < -0.39 is 0 Å². The van der Waals surface area contributed by atoms with E-state index in [0.717, 1.165) is 43.3 Å². The third kappa shape index (κ3) is 3.34. The van der Waals surface area contributed by atoms with Crippen molar-refractivity contribution >= 4 is 11.6 Å². The molecule has 0 aliphatic carbocycles. The number of aromatic nitrogens is 2. The smallest absolute Gasteiger partial charge is 0.142 e. The molecule has 5 nitrogen and oxygen atoms in total. The number of pyridine rings is 2. The lowest BCUT2D eigenvalue weighted by Crippen LogP contribution is -2.39. The Bertz CT molecular complexity index is 683. The lowest BCUT2D eigenvalue weighted by molar-refractivity contribution is 0.522. The Balaban J connectivity index is 1.59. The molecule has 1 N–H and O–H groups in total. The van der Waals surface area contributed by atoms with Gasteiger partial charge in [-0.15, -0.1) is 0 Å². The van der Waals surface area contributed by atoms with Crippen LogP contribution in [0.4, 0.5) is 11.6 Å². The zero-order valence-corrected chi connectivity index (χ0v) is 12.7. The molecule has 1 aliphatic rings. The zero-order chi connectivity index (χ0) is 15.4. The summed E-state index contributed by atoms with van der Waals surface area (Å²) in [7, 11) is 0. The molecular weight excluding hydrogens is 274 g/mol. The van der Waals surface area contributed by atoms with Gasteiger partial charge in [-0.3, -0.25) is 0 Å². The topological polar surface area (TPSA) is 64.8 Å². The van der Waals surface area contributed by atoms with E-state index in [1.54, 1.807) is 6.07 Å². The molecule has 0 aromatic carbocycles. The summed E-state index contributed by atoms with van der Waals surface area (Å²) in [6.07, 6.45) is 2.07. The van der Waals surface area contributed by atoms with Gasteiger partial charge in [0.2, 0.25) is 0 Å². The number of hydrogen-bond donors (Lipinski definition) is 1. The van der Waals surface area contributed by atoms with Crippen LogP contribution in [0, 0.1) is 18.3 Å². The number of rotatable bonds is 3. The summed E-state index contributed by atoms with van der Waals surface area (Å²) in [6, 6.07) is 14.1. The monoisotopic (exact) mass is 293 g/mol. The first kappa shape index (κ1) is 14.3. The number of hydrogen-bond acceptors (Lipinski definition) is 5. The predicted octanol–water partition coefficient (Wildman–Crippen LogP) is 2.74. The maximum absolute atomic E-state index is 8.90. The Morgan fingerprint density at radius 3 is 2.64 bits per heavy atom. The molecule has 0 atom stereocenters. The Morgan fingerprint density at radius 2 is 1.91 bits per heavy atom. The maximum Gasteiger partial charge on any atom is 0.142 e. The molecule has 2 aromatic rings. The van der Waals surface area contributed by atoms with Crippen molar-refractivity contribution in [2.45, 2.75) is 25.8 Å². The van der Waals surface area contributed by atoms with Gasteiger partial charge >= 0.3 is 0 Å². The molecule has 0 amide bonds. The molecule has 112 valence electrons. The van der Waals surface area contributed by atoms with Crippen molar-refractivity contribution in [1.82, 2.24) is 9.97 Å². The van der Waals surface area contributed by atoms with Crippen LogP contribution in [0.1, 0.15) is 24.2 Å². The Morgan fingerprint density at radius 1 is 1.14 bits per heavy atom. The summed E-state index contributed by atoms with van der Waals surface area (Å²) < 4.78 is 0. The summed E-state index contributed by atoms with van der Waals surface area (Å²) >= 11 is 0. The average Bonchev–Trinajstić information content (AvgIpc) is 2.56. The van der Waals surface area contributed by atoms with Crippen molar-refractivity contribution in [3.8, 4) is 6.07 Å². The number of nitrogens with one attached hydrogen (secondary N) is 1. The first-order valence-electron chi connectivity index (χ1n) is 7.57. The van der Waals surface area contributed by atoms with Crippen molar-refractivity contribution in [1.29, 1.82) is 5.26 Å². The van der Waals surface area contributed by atoms with E-state index in [9.17, 15) is 0 Å². The van der Waals surface area contributed by atoms with Gasteiger partial charge in [0, 0.05) is 24.8 Å². The fourth-order valence-electron chi connectivity index (χ4n) is 2.74. The summed E-state index contributed by atoms with van der Waals surface area (Å²) in [5.41, 5.74) is 1.50. The highest BCUT2D eigenvalue weighted by molar-refractivity contribution is 5.42. The van der Waals surface area contributed by atoms with Crippen molar-refractivity contribution in [2.24, 2.45) is 0 Å². The molecule has 3 rings (SSSR count). The van der Waals surface area contributed by atoms with Gasteiger partial charge in [-0.1, -0.05) is 12.1 Å². The number of nitriles is 1. The lowest BCUT2D eigenvalue weighted by Gasteiger charge is -2.33. The largest absolute Gasteiger partial charge is 0.367 e. The molecule has 1 saturated heterocycles. The second-order valence-electron chi connectivity index (χ2n) is 5.56. The van der Waals surface area contributed by atoms with Crippen LogP contribution in [0.25, 0.3) is 0 Å². The third-order valence-electron chi connectivity index (χ3n) is 3.91. The fourth-order valence-corrected chi connectivity index (χ4v) is 2.74. The van der Waals surface area contributed by atoms with Gasteiger partial charge < -0.3 is 10.2 Å². The van der Waals surface area contributed by atoms with Crippen LogP contribution in [-0.2, 0) is 0 Å². The number of nitrogens with zero attached hydrogens (tertiary/aromatic N) is 4. The third-order valence-corrected chi connectivity index (χ3v) is 3.91. The zero-order valence-electron chi connectivity index (χ0n) is 12.7. The van der Waals surface area contributed by atoms with Crippen LogP contribution >= 0.6 is 0 Å². The molecule has 5 heteroatoms. The normalized spacial score (nSPS) is 15.4. The van der Waals surface area contributed by atoms with E-state index in [4.69, 9.17) is 5.26 Å². The average molecular weight is 293 g/mol. The highest BCUT2D eigenvalue weighted by atomic mass is 15.2. The number of anilines is 2. The van der Waals surface area contributed by atoms with Crippen LogP contribution in [0.15, 0.2) is 36.4 Å². The highest BCUT2D eigenvalue weighted by Crippen LogP contribution is 2.20. The predicted molar refractivity (Wildman–Crippen MR) is 86.8 cm³/mol. The highest BCUT2D eigenvalue weighted by Gasteiger charge is 2.20.